The van der Waals surface area contributed by atoms with E-state index in [1.165, 1.54) is 0 Å². The van der Waals surface area contributed by atoms with E-state index in [-0.39, 0.29) is 13.0 Å². The molecule has 1 heterocycles. The zero-order valence-electron chi connectivity index (χ0n) is 9.93. The smallest absolute Gasteiger partial charge is 0.330 e. The molecule has 0 aromatic rings. The minimum atomic E-state index is -4.15. The van der Waals surface area contributed by atoms with E-state index < -0.39 is 12.2 Å². The third kappa shape index (κ3) is 3.35. The summed E-state index contributed by atoms with van der Waals surface area (Å²) in [5.41, 5.74) is 5.26. The van der Waals surface area contributed by atoms with E-state index >= 15 is 0 Å². The zero-order chi connectivity index (χ0) is 12.3. The number of halogens is 3. The minimum Gasteiger partial charge on any atom is -0.330 e. The van der Waals surface area contributed by atoms with Crippen LogP contribution in [0.5, 0.6) is 0 Å². The van der Waals surface area contributed by atoms with Crippen molar-refractivity contribution in [2.24, 2.45) is 17.6 Å². The zero-order valence-corrected chi connectivity index (χ0v) is 9.93. The van der Waals surface area contributed by atoms with Crippen LogP contribution in [0.2, 0.25) is 0 Å². The molecule has 2 N–H and O–H groups in total. The number of nitrogens with two attached hydrogens (primary N) is 1. The lowest BCUT2D eigenvalue weighted by atomic mass is 9.95. The largest absolute Gasteiger partial charge is 0.404 e. The van der Waals surface area contributed by atoms with Crippen LogP contribution in [-0.2, 0) is 0 Å². The van der Waals surface area contributed by atoms with Crippen molar-refractivity contribution in [1.29, 1.82) is 0 Å². The Kier molecular flexibility index (Phi) is 4.62. The molecule has 0 radical (unpaired) electrons. The van der Waals surface area contributed by atoms with Crippen molar-refractivity contribution >= 4 is 0 Å². The molecule has 0 aromatic heterocycles. The van der Waals surface area contributed by atoms with Crippen LogP contribution in [0.3, 0.4) is 0 Å². The summed E-state index contributed by atoms with van der Waals surface area (Å²) in [4.78, 5) is 1.55. The molecular weight excluding hydrogens is 217 g/mol. The molecule has 0 aromatic carbocycles. The molecular formula is C11H21F3N2. The van der Waals surface area contributed by atoms with Gasteiger partial charge in [0, 0.05) is 6.54 Å². The summed E-state index contributed by atoms with van der Waals surface area (Å²) < 4.78 is 38.4. The topological polar surface area (TPSA) is 29.3 Å². The Morgan fingerprint density at radius 1 is 1.38 bits per heavy atom. The maximum absolute atomic E-state index is 12.8. The number of hydrogen-bond acceptors (Lipinski definition) is 2. The average Bonchev–Trinajstić information content (AvgIpc) is 2.60. The van der Waals surface area contributed by atoms with Crippen LogP contribution in [0.1, 0.15) is 26.7 Å². The van der Waals surface area contributed by atoms with Crippen LogP contribution < -0.4 is 5.73 Å². The number of likely N-dealkylation sites (tertiary alicyclic amines) is 1. The molecule has 0 bridgehead atoms. The fourth-order valence-corrected chi connectivity index (χ4v) is 2.35. The van der Waals surface area contributed by atoms with Crippen molar-refractivity contribution in [2.45, 2.75) is 38.9 Å². The van der Waals surface area contributed by atoms with Crippen LogP contribution in [0.15, 0.2) is 0 Å². The van der Waals surface area contributed by atoms with E-state index in [0.717, 1.165) is 6.42 Å². The van der Waals surface area contributed by atoms with Gasteiger partial charge in [-0.3, -0.25) is 4.90 Å². The Balaban J connectivity index is 2.61. The second-order valence-electron chi connectivity index (χ2n) is 4.92. The highest BCUT2D eigenvalue weighted by Gasteiger charge is 2.45. The van der Waals surface area contributed by atoms with Crippen molar-refractivity contribution in [1.82, 2.24) is 4.90 Å². The van der Waals surface area contributed by atoms with Gasteiger partial charge >= 0.3 is 6.18 Å². The first-order valence-electron chi connectivity index (χ1n) is 5.87. The quantitative estimate of drug-likeness (QED) is 0.814. The van der Waals surface area contributed by atoms with Gasteiger partial charge in [-0.2, -0.15) is 13.2 Å². The highest BCUT2D eigenvalue weighted by molar-refractivity contribution is 4.86. The summed E-state index contributed by atoms with van der Waals surface area (Å²) in [6.45, 7) is 5.33. The predicted octanol–water partition coefficient (Wildman–Crippen LogP) is 2.24. The molecule has 0 spiro atoms. The Morgan fingerprint density at radius 3 is 2.38 bits per heavy atom. The minimum absolute atomic E-state index is 0.00825. The summed E-state index contributed by atoms with van der Waals surface area (Å²) >= 11 is 0. The molecule has 96 valence electrons. The van der Waals surface area contributed by atoms with Gasteiger partial charge in [0.2, 0.25) is 0 Å². The molecule has 1 aliphatic heterocycles. The number of alkyl halides is 3. The van der Waals surface area contributed by atoms with Gasteiger partial charge in [-0.25, -0.2) is 0 Å². The molecule has 2 unspecified atom stereocenters. The molecule has 0 saturated carbocycles. The van der Waals surface area contributed by atoms with Gasteiger partial charge in [0.25, 0.3) is 0 Å². The summed E-state index contributed by atoms with van der Waals surface area (Å²) in [6.07, 6.45) is -3.27. The first kappa shape index (κ1) is 13.8. The Hall–Kier alpha value is -0.290. The van der Waals surface area contributed by atoms with Crippen LogP contribution in [0.4, 0.5) is 13.2 Å². The Bertz CT molecular complexity index is 216. The molecule has 1 fully saturated rings. The lowest BCUT2D eigenvalue weighted by molar-refractivity contribution is -0.182. The average molecular weight is 238 g/mol. The lowest BCUT2D eigenvalue weighted by Gasteiger charge is -2.29. The van der Waals surface area contributed by atoms with Crippen LogP contribution in [0, 0.1) is 11.8 Å². The Morgan fingerprint density at radius 2 is 2.00 bits per heavy atom. The summed E-state index contributed by atoms with van der Waals surface area (Å²) in [5.74, 6) is 0.847. The van der Waals surface area contributed by atoms with E-state index in [0.29, 0.717) is 24.9 Å². The molecule has 2 nitrogen and oxygen atoms in total. The first-order valence-corrected chi connectivity index (χ1v) is 5.87. The van der Waals surface area contributed by atoms with Crippen LogP contribution in [-0.4, -0.2) is 36.8 Å². The molecule has 1 rings (SSSR count). The van der Waals surface area contributed by atoms with Crippen LogP contribution >= 0.6 is 0 Å². The van der Waals surface area contributed by atoms with E-state index in [1.54, 1.807) is 4.90 Å². The summed E-state index contributed by atoms with van der Waals surface area (Å²) in [7, 11) is 0. The Labute approximate surface area is 95.0 Å². The van der Waals surface area contributed by atoms with Gasteiger partial charge in [-0.15, -0.1) is 0 Å². The third-order valence-corrected chi connectivity index (χ3v) is 3.46. The van der Waals surface area contributed by atoms with Gasteiger partial charge in [0.15, 0.2) is 0 Å². The fraction of sp³-hybridized carbons (Fsp3) is 1.00. The van der Waals surface area contributed by atoms with Crippen molar-refractivity contribution < 1.29 is 13.2 Å². The second kappa shape index (κ2) is 5.36. The molecule has 0 aliphatic carbocycles. The van der Waals surface area contributed by atoms with E-state index in [4.69, 9.17) is 5.73 Å². The second-order valence-corrected chi connectivity index (χ2v) is 4.92. The maximum Gasteiger partial charge on any atom is 0.404 e. The molecule has 16 heavy (non-hydrogen) atoms. The number of rotatable bonds is 4. The van der Waals surface area contributed by atoms with Crippen LogP contribution in [0.25, 0.3) is 0 Å². The fourth-order valence-electron chi connectivity index (χ4n) is 2.35. The highest BCUT2D eigenvalue weighted by Crippen LogP contribution is 2.33. The lowest BCUT2D eigenvalue weighted by Crippen LogP contribution is -2.45. The monoisotopic (exact) mass is 238 g/mol. The summed E-state index contributed by atoms with van der Waals surface area (Å²) in [6, 6.07) is -1.35. The van der Waals surface area contributed by atoms with Gasteiger partial charge in [-0.05, 0) is 37.8 Å². The number of nitrogens with zero attached hydrogens (tertiary/aromatic N) is 1. The van der Waals surface area contributed by atoms with E-state index in [1.807, 2.05) is 0 Å². The van der Waals surface area contributed by atoms with Gasteiger partial charge in [0.1, 0.15) is 6.04 Å². The van der Waals surface area contributed by atoms with E-state index in [2.05, 4.69) is 13.8 Å². The van der Waals surface area contributed by atoms with Gasteiger partial charge in [-0.1, -0.05) is 13.8 Å². The number of hydrogen-bond donors (Lipinski definition) is 1. The van der Waals surface area contributed by atoms with E-state index in [9.17, 15) is 13.2 Å². The molecule has 0 amide bonds. The van der Waals surface area contributed by atoms with Gasteiger partial charge in [0.05, 0.1) is 0 Å². The molecule has 1 saturated heterocycles. The highest BCUT2D eigenvalue weighted by atomic mass is 19.4. The maximum atomic E-state index is 12.8. The SMILES string of the molecule is CC(C)C1CCN(C(CCN)C(F)(F)F)C1. The normalized spacial score (nSPS) is 25.3. The third-order valence-electron chi connectivity index (χ3n) is 3.46. The molecule has 5 heteroatoms. The van der Waals surface area contributed by atoms with Crippen molar-refractivity contribution in [2.75, 3.05) is 19.6 Å². The van der Waals surface area contributed by atoms with Crippen molar-refractivity contribution in [3.8, 4) is 0 Å². The molecule has 1 aliphatic rings. The molecule has 2 atom stereocenters. The van der Waals surface area contributed by atoms with Crippen molar-refractivity contribution in [3.63, 3.8) is 0 Å². The summed E-state index contributed by atoms with van der Waals surface area (Å²) in [5, 5.41) is 0. The first-order chi connectivity index (χ1) is 7.36. The van der Waals surface area contributed by atoms with Gasteiger partial charge < -0.3 is 5.73 Å². The standard InChI is InChI=1S/C11H21F3N2/c1-8(2)9-4-6-16(7-9)10(3-5-15)11(12,13)14/h8-10H,3-7,15H2,1-2H3. The van der Waals surface area contributed by atoms with Crippen molar-refractivity contribution in [3.05, 3.63) is 0 Å². The predicted molar refractivity (Wildman–Crippen MR) is 58.0 cm³/mol.